The van der Waals surface area contributed by atoms with Gasteiger partial charge in [0, 0.05) is 6.26 Å². The maximum absolute atomic E-state index is 11.7. The molecule has 0 N–H and O–H groups in total. The van der Waals surface area contributed by atoms with Crippen LogP contribution in [0, 0.1) is 6.92 Å². The monoisotopic (exact) mass is 352 g/mol. The summed E-state index contributed by atoms with van der Waals surface area (Å²) in [5, 5.41) is 0. The molecule has 0 saturated heterocycles. The number of rotatable bonds is 4. The number of hydrogen-bond donors (Lipinski definition) is 0. The first-order chi connectivity index (χ1) is 11.9. The molecule has 128 valence electrons. The average Bonchev–Trinajstić information content (AvgIpc) is 2.61. The molecule has 0 saturated carbocycles. The van der Waals surface area contributed by atoms with E-state index in [1.807, 2.05) is 49.4 Å². The Labute approximate surface area is 148 Å². The highest BCUT2D eigenvalue weighted by atomic mass is 32.2. The van der Waals surface area contributed by atoms with Gasteiger partial charge in [0.25, 0.3) is 0 Å². The van der Waals surface area contributed by atoms with Gasteiger partial charge in [-0.15, -0.1) is 0 Å². The molecule has 0 amide bonds. The number of hydrogen-bond acceptors (Lipinski definition) is 3. The summed E-state index contributed by atoms with van der Waals surface area (Å²) in [5.41, 5.74) is 5.25. The van der Waals surface area contributed by atoms with E-state index in [1.165, 1.54) is 6.26 Å². The van der Waals surface area contributed by atoms with Crippen LogP contribution in [0.1, 0.15) is 5.56 Å². The second-order valence-electron chi connectivity index (χ2n) is 6.03. The zero-order valence-electron chi connectivity index (χ0n) is 14.5. The minimum absolute atomic E-state index is 0.325. The molecular weight excluding hydrogens is 332 g/mol. The minimum Gasteiger partial charge on any atom is -0.496 e. The number of benzene rings is 3. The van der Waals surface area contributed by atoms with E-state index in [0.29, 0.717) is 4.90 Å². The van der Waals surface area contributed by atoms with Crippen LogP contribution in [0.4, 0.5) is 0 Å². The molecule has 0 heterocycles. The van der Waals surface area contributed by atoms with Crippen LogP contribution >= 0.6 is 0 Å². The molecule has 3 aromatic carbocycles. The highest BCUT2D eigenvalue weighted by Crippen LogP contribution is 2.34. The fraction of sp³-hybridized carbons (Fsp3) is 0.143. The van der Waals surface area contributed by atoms with Gasteiger partial charge in [-0.3, -0.25) is 0 Å². The van der Waals surface area contributed by atoms with Gasteiger partial charge in [0.2, 0.25) is 0 Å². The van der Waals surface area contributed by atoms with E-state index in [1.54, 1.807) is 19.2 Å². The van der Waals surface area contributed by atoms with Gasteiger partial charge in [0.1, 0.15) is 5.75 Å². The molecule has 0 bridgehead atoms. The van der Waals surface area contributed by atoms with E-state index in [4.69, 9.17) is 4.74 Å². The van der Waals surface area contributed by atoms with Crippen molar-refractivity contribution in [3.63, 3.8) is 0 Å². The van der Waals surface area contributed by atoms with Crippen LogP contribution < -0.4 is 4.74 Å². The van der Waals surface area contributed by atoms with Gasteiger partial charge in [-0.1, -0.05) is 48.5 Å². The van der Waals surface area contributed by atoms with E-state index in [0.717, 1.165) is 33.6 Å². The maximum Gasteiger partial charge on any atom is 0.175 e. The average molecular weight is 352 g/mol. The highest BCUT2D eigenvalue weighted by Gasteiger charge is 2.11. The van der Waals surface area contributed by atoms with E-state index in [-0.39, 0.29) is 0 Å². The molecule has 0 atom stereocenters. The molecule has 0 radical (unpaired) electrons. The molecule has 0 spiro atoms. The molecule has 0 fully saturated rings. The number of aryl methyl sites for hydroxylation is 1. The van der Waals surface area contributed by atoms with Crippen molar-refractivity contribution in [1.29, 1.82) is 0 Å². The summed E-state index contributed by atoms with van der Waals surface area (Å²) in [7, 11) is -1.53. The summed E-state index contributed by atoms with van der Waals surface area (Å²) >= 11 is 0. The molecule has 0 aliphatic heterocycles. The lowest BCUT2D eigenvalue weighted by Crippen LogP contribution is -1.96. The van der Waals surface area contributed by atoms with E-state index in [2.05, 4.69) is 12.1 Å². The lowest BCUT2D eigenvalue weighted by atomic mass is 9.94. The topological polar surface area (TPSA) is 43.4 Å². The van der Waals surface area contributed by atoms with Crippen LogP contribution in [0.15, 0.2) is 71.6 Å². The zero-order valence-corrected chi connectivity index (χ0v) is 15.3. The van der Waals surface area contributed by atoms with Gasteiger partial charge in [-0.05, 0) is 52.9 Å². The van der Waals surface area contributed by atoms with E-state index < -0.39 is 9.84 Å². The summed E-state index contributed by atoms with van der Waals surface area (Å²) in [6.45, 7) is 2.01. The largest absolute Gasteiger partial charge is 0.496 e. The lowest BCUT2D eigenvalue weighted by Gasteiger charge is -2.13. The molecule has 3 nitrogen and oxygen atoms in total. The van der Waals surface area contributed by atoms with Crippen molar-refractivity contribution in [2.24, 2.45) is 0 Å². The molecule has 3 aromatic rings. The Morgan fingerprint density at radius 2 is 1.36 bits per heavy atom. The van der Waals surface area contributed by atoms with Crippen molar-refractivity contribution in [3.8, 4) is 28.0 Å². The first-order valence-corrected chi connectivity index (χ1v) is 9.84. The summed E-state index contributed by atoms with van der Waals surface area (Å²) in [6.07, 6.45) is 1.22. The van der Waals surface area contributed by atoms with Crippen molar-refractivity contribution in [1.82, 2.24) is 0 Å². The van der Waals surface area contributed by atoms with Gasteiger partial charge in [0.15, 0.2) is 9.84 Å². The van der Waals surface area contributed by atoms with Crippen molar-refractivity contribution in [2.45, 2.75) is 11.8 Å². The number of ether oxygens (including phenoxy) is 1. The Bertz CT molecular complexity index is 1000. The highest BCUT2D eigenvalue weighted by molar-refractivity contribution is 7.90. The third kappa shape index (κ3) is 3.59. The van der Waals surface area contributed by atoms with Crippen LogP contribution in [0.5, 0.6) is 5.75 Å². The summed E-state index contributed by atoms with van der Waals surface area (Å²) in [5.74, 6) is 0.847. The minimum atomic E-state index is -3.19. The fourth-order valence-corrected chi connectivity index (χ4v) is 3.49. The van der Waals surface area contributed by atoms with Gasteiger partial charge in [-0.25, -0.2) is 8.42 Å². The predicted octanol–water partition coefficient (Wildman–Crippen LogP) is 4.74. The van der Waals surface area contributed by atoms with E-state index in [9.17, 15) is 8.42 Å². The smallest absolute Gasteiger partial charge is 0.175 e. The molecule has 3 rings (SSSR count). The summed E-state index contributed by atoms with van der Waals surface area (Å²) < 4.78 is 28.8. The number of methoxy groups -OCH3 is 1. The van der Waals surface area contributed by atoms with Crippen LogP contribution in [-0.4, -0.2) is 21.8 Å². The Morgan fingerprint density at radius 3 is 1.92 bits per heavy atom. The Kier molecular flexibility index (Phi) is 4.64. The quantitative estimate of drug-likeness (QED) is 0.681. The second kappa shape index (κ2) is 6.73. The maximum atomic E-state index is 11.7. The third-order valence-electron chi connectivity index (χ3n) is 4.24. The first kappa shape index (κ1) is 17.2. The Hall–Kier alpha value is -2.59. The molecule has 0 aliphatic carbocycles. The lowest BCUT2D eigenvalue weighted by molar-refractivity contribution is 0.412. The van der Waals surface area contributed by atoms with Gasteiger partial charge in [-0.2, -0.15) is 0 Å². The Morgan fingerprint density at radius 1 is 0.800 bits per heavy atom. The normalized spacial score (nSPS) is 11.3. The van der Waals surface area contributed by atoms with Gasteiger partial charge >= 0.3 is 0 Å². The van der Waals surface area contributed by atoms with Crippen molar-refractivity contribution < 1.29 is 13.2 Å². The standard InChI is InChI=1S/C21H20O3S/c1-15-8-9-17(14-21(15)24-2)20-7-5-4-6-19(20)16-10-12-18(13-11-16)25(3,22)23/h4-14H,1-3H3. The second-order valence-corrected chi connectivity index (χ2v) is 8.04. The molecule has 4 heteroatoms. The third-order valence-corrected chi connectivity index (χ3v) is 5.37. The zero-order chi connectivity index (χ0) is 18.0. The molecule has 0 unspecified atom stereocenters. The fourth-order valence-electron chi connectivity index (χ4n) is 2.86. The SMILES string of the molecule is COc1cc(-c2ccccc2-c2ccc(S(C)(=O)=O)cc2)ccc1C. The molecule has 0 aromatic heterocycles. The van der Waals surface area contributed by atoms with Crippen LogP contribution in [0.2, 0.25) is 0 Å². The molecule has 0 aliphatic rings. The van der Waals surface area contributed by atoms with Gasteiger partial charge < -0.3 is 4.74 Å². The van der Waals surface area contributed by atoms with Crippen molar-refractivity contribution in [3.05, 3.63) is 72.3 Å². The van der Waals surface area contributed by atoms with Crippen LogP contribution in [0.25, 0.3) is 22.3 Å². The molecule has 25 heavy (non-hydrogen) atoms. The Balaban J connectivity index is 2.11. The van der Waals surface area contributed by atoms with Crippen molar-refractivity contribution >= 4 is 9.84 Å². The molecular formula is C21H20O3S. The van der Waals surface area contributed by atoms with Crippen LogP contribution in [0.3, 0.4) is 0 Å². The summed E-state index contributed by atoms with van der Waals surface area (Å²) in [4.78, 5) is 0.325. The first-order valence-electron chi connectivity index (χ1n) is 7.94. The summed E-state index contributed by atoms with van der Waals surface area (Å²) in [6, 6.07) is 21.2. The number of sulfone groups is 1. The van der Waals surface area contributed by atoms with Gasteiger partial charge in [0.05, 0.1) is 12.0 Å². The van der Waals surface area contributed by atoms with Crippen LogP contribution in [-0.2, 0) is 9.84 Å². The predicted molar refractivity (Wildman–Crippen MR) is 102 cm³/mol. The van der Waals surface area contributed by atoms with E-state index >= 15 is 0 Å². The van der Waals surface area contributed by atoms with Crippen molar-refractivity contribution in [2.75, 3.05) is 13.4 Å².